The quantitative estimate of drug-likeness (QED) is 0.857. The molecule has 7 nitrogen and oxygen atoms in total. The van der Waals surface area contributed by atoms with Gasteiger partial charge in [-0.15, -0.1) is 0 Å². The Morgan fingerprint density at radius 2 is 2.00 bits per heavy atom. The molecule has 1 aromatic heterocycles. The van der Waals surface area contributed by atoms with E-state index in [1.807, 2.05) is 0 Å². The largest absolute Gasteiger partial charge is 0.432 e. The van der Waals surface area contributed by atoms with Gasteiger partial charge in [-0.25, -0.2) is 4.79 Å². The molecule has 2 N–H and O–H groups in total. The highest BCUT2D eigenvalue weighted by Crippen LogP contribution is 2.31. The lowest BCUT2D eigenvalue weighted by atomic mass is 9.96. The fourth-order valence-electron chi connectivity index (χ4n) is 3.19. The first kappa shape index (κ1) is 18.8. The average molecular weight is 378 g/mol. The smallest absolute Gasteiger partial charge is 0.387 e. The summed E-state index contributed by atoms with van der Waals surface area (Å²) in [5.74, 6) is -0.151. The Morgan fingerprint density at radius 1 is 1.26 bits per heavy atom. The number of nitrogens with one attached hydrogen (secondary N) is 2. The number of aromatic nitrogens is 1. The van der Waals surface area contributed by atoms with E-state index in [-0.39, 0.29) is 29.1 Å². The molecule has 0 unspecified atom stereocenters. The topological polar surface area (TPSA) is 83.6 Å². The molecule has 1 aliphatic rings. The number of amides is 3. The zero-order valence-electron chi connectivity index (χ0n) is 14.7. The molecule has 27 heavy (non-hydrogen) atoms. The molecule has 0 aliphatic carbocycles. The van der Waals surface area contributed by atoms with Gasteiger partial charge in [-0.1, -0.05) is 0 Å². The summed E-state index contributed by atoms with van der Waals surface area (Å²) in [5.41, 5.74) is 0.701. The van der Waals surface area contributed by atoms with Crippen LogP contribution in [-0.4, -0.2) is 48.6 Å². The first-order valence-electron chi connectivity index (χ1n) is 8.59. The van der Waals surface area contributed by atoms with Crippen molar-refractivity contribution < 1.29 is 23.1 Å². The summed E-state index contributed by atoms with van der Waals surface area (Å²) in [7, 11) is 1.60. The number of piperidine rings is 1. The predicted octanol–water partition coefficient (Wildman–Crippen LogP) is 2.83. The van der Waals surface area contributed by atoms with Crippen molar-refractivity contribution in [3.63, 3.8) is 0 Å². The molecule has 0 spiro atoms. The standard InChI is InChI=1S/C18H20F2N4O3/c1-21-16(25)11-6-9-24(10-7-11)18(26)23-13-4-5-14(27-17(19)20)15-12(13)3-2-8-22-15/h2-5,8,11,17H,6-7,9-10H2,1H3,(H,21,25)(H,23,26). The van der Waals surface area contributed by atoms with E-state index in [9.17, 15) is 18.4 Å². The van der Waals surface area contributed by atoms with Crippen LogP contribution in [-0.2, 0) is 4.79 Å². The number of carbonyl (C=O) groups excluding carboxylic acids is 2. The van der Waals surface area contributed by atoms with Crippen molar-refractivity contribution in [1.82, 2.24) is 15.2 Å². The number of benzene rings is 1. The molecule has 144 valence electrons. The summed E-state index contributed by atoms with van der Waals surface area (Å²) >= 11 is 0. The first-order chi connectivity index (χ1) is 13.0. The number of nitrogens with zero attached hydrogens (tertiary/aromatic N) is 2. The monoisotopic (exact) mass is 378 g/mol. The molecule has 1 aliphatic heterocycles. The third kappa shape index (κ3) is 4.24. The zero-order valence-corrected chi connectivity index (χ0v) is 14.7. The summed E-state index contributed by atoms with van der Waals surface area (Å²) in [6, 6.07) is 5.89. The lowest BCUT2D eigenvalue weighted by Crippen LogP contribution is -2.44. The molecule has 2 heterocycles. The number of rotatable bonds is 4. The van der Waals surface area contributed by atoms with Crippen LogP contribution in [0.3, 0.4) is 0 Å². The molecule has 1 fully saturated rings. The van der Waals surface area contributed by atoms with Crippen LogP contribution in [0.25, 0.3) is 10.9 Å². The molecule has 9 heteroatoms. The minimum absolute atomic E-state index is 0.0123. The van der Waals surface area contributed by atoms with Gasteiger partial charge in [-0.05, 0) is 37.1 Å². The average Bonchev–Trinajstić information content (AvgIpc) is 2.69. The summed E-state index contributed by atoms with van der Waals surface area (Å²) in [6.45, 7) is -2.03. The van der Waals surface area contributed by atoms with Crippen molar-refractivity contribution in [2.24, 2.45) is 5.92 Å². The van der Waals surface area contributed by atoms with Gasteiger partial charge in [0.2, 0.25) is 5.91 Å². The number of pyridine rings is 1. The van der Waals surface area contributed by atoms with E-state index in [2.05, 4.69) is 20.4 Å². The number of ether oxygens (including phenoxy) is 1. The van der Waals surface area contributed by atoms with Crippen LogP contribution >= 0.6 is 0 Å². The number of likely N-dealkylation sites (tertiary alicyclic amines) is 1. The summed E-state index contributed by atoms with van der Waals surface area (Å²) in [5, 5.41) is 5.93. The number of hydrogen-bond acceptors (Lipinski definition) is 4. The highest BCUT2D eigenvalue weighted by atomic mass is 19.3. The second-order valence-corrected chi connectivity index (χ2v) is 6.20. The number of anilines is 1. The van der Waals surface area contributed by atoms with E-state index >= 15 is 0 Å². The molecule has 3 amide bonds. The molecule has 1 saturated heterocycles. The maximum atomic E-state index is 12.6. The second-order valence-electron chi connectivity index (χ2n) is 6.20. The van der Waals surface area contributed by atoms with Gasteiger partial charge >= 0.3 is 12.6 Å². The molecule has 0 bridgehead atoms. The van der Waals surface area contributed by atoms with Gasteiger partial charge in [0.25, 0.3) is 0 Å². The van der Waals surface area contributed by atoms with Crippen LogP contribution in [0.5, 0.6) is 5.75 Å². The Labute approximate surface area is 154 Å². The Bertz CT molecular complexity index is 838. The molecule has 0 atom stereocenters. The molecule has 1 aromatic carbocycles. The van der Waals surface area contributed by atoms with Gasteiger partial charge in [0, 0.05) is 37.6 Å². The second kappa shape index (κ2) is 8.15. The van der Waals surface area contributed by atoms with Gasteiger partial charge in [-0.2, -0.15) is 8.78 Å². The van der Waals surface area contributed by atoms with Crippen molar-refractivity contribution in [1.29, 1.82) is 0 Å². The first-order valence-corrected chi connectivity index (χ1v) is 8.59. The third-order valence-corrected chi connectivity index (χ3v) is 4.59. The highest BCUT2D eigenvalue weighted by Gasteiger charge is 2.27. The van der Waals surface area contributed by atoms with Gasteiger partial charge in [0.15, 0.2) is 5.75 Å². The Morgan fingerprint density at radius 3 is 2.67 bits per heavy atom. The SMILES string of the molecule is CNC(=O)C1CCN(C(=O)Nc2ccc(OC(F)F)c3ncccc23)CC1. The van der Waals surface area contributed by atoms with E-state index < -0.39 is 6.61 Å². The summed E-state index contributed by atoms with van der Waals surface area (Å²) < 4.78 is 29.6. The van der Waals surface area contributed by atoms with Crippen molar-refractivity contribution in [3.8, 4) is 5.75 Å². The molecular weight excluding hydrogens is 358 g/mol. The van der Waals surface area contributed by atoms with Gasteiger partial charge < -0.3 is 20.3 Å². The Balaban J connectivity index is 1.73. The minimum atomic E-state index is -2.96. The Kier molecular flexibility index (Phi) is 5.68. The maximum Gasteiger partial charge on any atom is 0.387 e. The molecule has 3 rings (SSSR count). The van der Waals surface area contributed by atoms with E-state index in [1.165, 1.54) is 18.3 Å². The van der Waals surface area contributed by atoms with Gasteiger partial charge in [0.1, 0.15) is 5.52 Å². The van der Waals surface area contributed by atoms with E-state index in [0.29, 0.717) is 37.0 Å². The highest BCUT2D eigenvalue weighted by molar-refractivity contribution is 6.02. The van der Waals surface area contributed by atoms with E-state index in [4.69, 9.17) is 0 Å². The normalized spacial score (nSPS) is 15.0. The van der Waals surface area contributed by atoms with Gasteiger partial charge in [0.05, 0.1) is 5.69 Å². The van der Waals surface area contributed by atoms with Crippen molar-refractivity contribution in [3.05, 3.63) is 30.5 Å². The van der Waals surface area contributed by atoms with Crippen LogP contribution in [0.4, 0.5) is 19.3 Å². The number of hydrogen-bond donors (Lipinski definition) is 2. The number of urea groups is 1. The van der Waals surface area contributed by atoms with Crippen LogP contribution in [0.15, 0.2) is 30.5 Å². The van der Waals surface area contributed by atoms with Crippen molar-refractivity contribution >= 4 is 28.5 Å². The van der Waals surface area contributed by atoms with Crippen LogP contribution in [0, 0.1) is 5.92 Å². The molecular formula is C18H20F2N4O3. The van der Waals surface area contributed by atoms with Crippen LogP contribution in [0.1, 0.15) is 12.8 Å². The van der Waals surface area contributed by atoms with Crippen molar-refractivity contribution in [2.45, 2.75) is 19.5 Å². The fraction of sp³-hybridized carbons (Fsp3) is 0.389. The van der Waals surface area contributed by atoms with Crippen LogP contribution in [0.2, 0.25) is 0 Å². The molecule has 0 radical (unpaired) electrons. The molecule has 0 saturated carbocycles. The number of alkyl halides is 2. The lowest BCUT2D eigenvalue weighted by molar-refractivity contribution is -0.125. The summed E-state index contributed by atoms with van der Waals surface area (Å²) in [4.78, 5) is 30.0. The lowest BCUT2D eigenvalue weighted by Gasteiger charge is -2.31. The molecule has 2 aromatic rings. The fourth-order valence-corrected chi connectivity index (χ4v) is 3.19. The minimum Gasteiger partial charge on any atom is -0.432 e. The number of carbonyl (C=O) groups is 2. The number of halogens is 2. The predicted molar refractivity (Wildman–Crippen MR) is 95.8 cm³/mol. The number of fused-ring (bicyclic) bond motifs is 1. The van der Waals surface area contributed by atoms with E-state index in [0.717, 1.165) is 0 Å². The Hall–Kier alpha value is -2.97. The van der Waals surface area contributed by atoms with E-state index in [1.54, 1.807) is 24.1 Å². The summed E-state index contributed by atoms with van der Waals surface area (Å²) in [6.07, 6.45) is 2.66. The zero-order chi connectivity index (χ0) is 19.4. The maximum absolute atomic E-state index is 12.6. The third-order valence-electron chi connectivity index (χ3n) is 4.59. The van der Waals surface area contributed by atoms with Gasteiger partial charge in [-0.3, -0.25) is 9.78 Å². The van der Waals surface area contributed by atoms with Crippen molar-refractivity contribution in [2.75, 3.05) is 25.5 Å². The van der Waals surface area contributed by atoms with Crippen LogP contribution < -0.4 is 15.4 Å².